The summed E-state index contributed by atoms with van der Waals surface area (Å²) in [4.78, 5) is 23.8. The van der Waals surface area contributed by atoms with Crippen LogP contribution in [0.1, 0.15) is 46.0 Å². The average molecular weight is 305 g/mol. The second kappa shape index (κ2) is 5.37. The fourth-order valence-electron chi connectivity index (χ4n) is 2.76. The number of hydrogen-bond acceptors (Lipinski definition) is 3. The van der Waals surface area contributed by atoms with Crippen LogP contribution in [0.2, 0.25) is 5.02 Å². The molecule has 0 spiro atoms. The van der Waals surface area contributed by atoms with Crippen molar-refractivity contribution in [2.75, 3.05) is 5.73 Å². The molecule has 1 heterocycles. The van der Waals surface area contributed by atoms with E-state index >= 15 is 0 Å². The fraction of sp³-hybridized carbons (Fsp3) is 0.250. The normalized spacial score (nSPS) is 10.7. The molecule has 0 atom stereocenters. The maximum Gasteiger partial charge on any atom is 0.162 e. The molecule has 4 nitrogen and oxygen atoms in total. The van der Waals surface area contributed by atoms with Gasteiger partial charge in [-0.05, 0) is 45.9 Å². The molecule has 0 radical (unpaired) electrons. The van der Waals surface area contributed by atoms with Gasteiger partial charge < -0.3 is 10.3 Å². The van der Waals surface area contributed by atoms with Crippen molar-refractivity contribution < 1.29 is 9.59 Å². The molecule has 110 valence electrons. The highest BCUT2D eigenvalue weighted by Crippen LogP contribution is 2.29. The Kier molecular flexibility index (Phi) is 3.92. The third-order valence-electron chi connectivity index (χ3n) is 3.59. The molecule has 2 aromatic rings. The molecule has 0 bridgehead atoms. The third-order valence-corrected chi connectivity index (χ3v) is 3.93. The molecular weight excluding hydrogens is 288 g/mol. The van der Waals surface area contributed by atoms with Crippen molar-refractivity contribution in [1.29, 1.82) is 0 Å². The maximum atomic E-state index is 11.9. The predicted molar refractivity (Wildman–Crippen MR) is 84.7 cm³/mol. The topological polar surface area (TPSA) is 65.1 Å². The van der Waals surface area contributed by atoms with Crippen LogP contribution in [-0.2, 0) is 0 Å². The number of benzene rings is 1. The number of rotatable bonds is 3. The molecule has 1 aromatic carbocycles. The molecule has 0 fully saturated rings. The molecule has 0 aliphatic carbocycles. The number of halogens is 1. The number of nitrogens with zero attached hydrogens (tertiary/aromatic N) is 1. The molecule has 0 aliphatic rings. The first-order valence-electron chi connectivity index (χ1n) is 6.54. The Bertz CT molecular complexity index is 723. The Balaban J connectivity index is 2.81. The summed E-state index contributed by atoms with van der Waals surface area (Å²) in [6.07, 6.45) is 0. The summed E-state index contributed by atoms with van der Waals surface area (Å²) in [6.45, 7) is 6.57. The van der Waals surface area contributed by atoms with Crippen molar-refractivity contribution in [3.8, 4) is 5.69 Å². The van der Waals surface area contributed by atoms with E-state index in [1.54, 1.807) is 12.1 Å². The van der Waals surface area contributed by atoms with E-state index in [-0.39, 0.29) is 11.6 Å². The third kappa shape index (κ3) is 2.47. The van der Waals surface area contributed by atoms with E-state index in [2.05, 4.69) is 0 Å². The second-order valence-corrected chi connectivity index (χ2v) is 5.48. The Morgan fingerprint density at radius 2 is 1.52 bits per heavy atom. The molecule has 2 N–H and O–H groups in total. The number of anilines is 1. The van der Waals surface area contributed by atoms with Gasteiger partial charge in [-0.1, -0.05) is 11.6 Å². The zero-order valence-corrected chi connectivity index (χ0v) is 13.2. The minimum atomic E-state index is -0.124. The van der Waals surface area contributed by atoms with Crippen LogP contribution in [0.5, 0.6) is 0 Å². The molecule has 0 saturated heterocycles. The molecule has 1 aromatic heterocycles. The van der Waals surface area contributed by atoms with Crippen LogP contribution in [0.25, 0.3) is 5.69 Å². The van der Waals surface area contributed by atoms with Crippen LogP contribution in [0, 0.1) is 13.8 Å². The van der Waals surface area contributed by atoms with Gasteiger partial charge in [0.15, 0.2) is 11.6 Å². The molecule has 0 aliphatic heterocycles. The minimum Gasteiger partial charge on any atom is -0.397 e. The van der Waals surface area contributed by atoms with E-state index in [0.29, 0.717) is 21.8 Å². The molecule has 2 rings (SSSR count). The van der Waals surface area contributed by atoms with Gasteiger partial charge in [-0.3, -0.25) is 9.59 Å². The van der Waals surface area contributed by atoms with Crippen molar-refractivity contribution in [3.05, 3.63) is 45.7 Å². The second-order valence-electron chi connectivity index (χ2n) is 5.07. The Morgan fingerprint density at radius 1 is 1.05 bits per heavy atom. The number of hydrogen-bond donors (Lipinski definition) is 1. The molecule has 0 unspecified atom stereocenters. The Labute approximate surface area is 128 Å². The summed E-state index contributed by atoms with van der Waals surface area (Å²) in [7, 11) is 0. The van der Waals surface area contributed by atoms with Gasteiger partial charge in [-0.2, -0.15) is 0 Å². The standard InChI is InChI=1S/C16H17ClN2O2/c1-8-15(10(3)20)16(11(4)21)9(2)19(8)12-5-6-13(17)14(18)7-12/h5-7H,18H2,1-4H3. The summed E-state index contributed by atoms with van der Waals surface area (Å²) in [5, 5.41) is 0.472. The van der Waals surface area contributed by atoms with Gasteiger partial charge in [0.25, 0.3) is 0 Å². The van der Waals surface area contributed by atoms with Crippen molar-refractivity contribution in [2.45, 2.75) is 27.7 Å². The molecule has 21 heavy (non-hydrogen) atoms. The summed E-state index contributed by atoms with van der Waals surface area (Å²) in [5.41, 5.74) is 9.47. The van der Waals surface area contributed by atoms with Gasteiger partial charge in [0, 0.05) is 28.2 Å². The summed E-state index contributed by atoms with van der Waals surface area (Å²) in [5.74, 6) is -0.247. The number of ketones is 2. The van der Waals surface area contributed by atoms with Crippen molar-refractivity contribution in [3.63, 3.8) is 0 Å². The minimum absolute atomic E-state index is 0.124. The Morgan fingerprint density at radius 3 is 1.90 bits per heavy atom. The van der Waals surface area contributed by atoms with E-state index in [0.717, 1.165) is 17.1 Å². The van der Waals surface area contributed by atoms with Gasteiger partial charge in [0.05, 0.1) is 10.7 Å². The number of aromatic nitrogens is 1. The summed E-state index contributed by atoms with van der Waals surface area (Å²) >= 11 is 5.94. The van der Waals surface area contributed by atoms with E-state index in [1.165, 1.54) is 13.8 Å². The SMILES string of the molecule is CC(=O)c1c(C(C)=O)c(C)n(-c2ccc(Cl)c(N)c2)c1C. The summed E-state index contributed by atoms with van der Waals surface area (Å²) in [6, 6.07) is 5.24. The number of carbonyl (C=O) groups excluding carboxylic acids is 2. The van der Waals surface area contributed by atoms with Crippen LogP contribution < -0.4 is 5.73 Å². The highest BCUT2D eigenvalue weighted by Gasteiger charge is 2.24. The van der Waals surface area contributed by atoms with E-state index in [4.69, 9.17) is 17.3 Å². The molecule has 0 saturated carbocycles. The van der Waals surface area contributed by atoms with E-state index in [1.807, 2.05) is 24.5 Å². The van der Waals surface area contributed by atoms with Gasteiger partial charge >= 0.3 is 0 Å². The highest BCUT2D eigenvalue weighted by molar-refractivity contribution is 6.33. The molecular formula is C16H17ClN2O2. The maximum absolute atomic E-state index is 11.9. The lowest BCUT2D eigenvalue weighted by Crippen LogP contribution is -2.02. The Hall–Kier alpha value is -2.07. The molecule has 0 amide bonds. The van der Waals surface area contributed by atoms with Gasteiger partial charge in [0.2, 0.25) is 0 Å². The number of Topliss-reactive ketones (excluding diaryl/α,β-unsaturated/α-hetero) is 2. The summed E-state index contributed by atoms with van der Waals surface area (Å²) < 4.78 is 1.86. The highest BCUT2D eigenvalue weighted by atomic mass is 35.5. The van der Waals surface area contributed by atoms with Crippen LogP contribution in [0.15, 0.2) is 18.2 Å². The average Bonchev–Trinajstić information content (AvgIpc) is 2.65. The molecule has 5 heteroatoms. The van der Waals surface area contributed by atoms with Crippen LogP contribution in [0.3, 0.4) is 0 Å². The van der Waals surface area contributed by atoms with Gasteiger partial charge in [-0.25, -0.2) is 0 Å². The fourth-order valence-corrected chi connectivity index (χ4v) is 2.87. The van der Waals surface area contributed by atoms with E-state index in [9.17, 15) is 9.59 Å². The zero-order valence-electron chi connectivity index (χ0n) is 12.5. The first-order valence-corrected chi connectivity index (χ1v) is 6.92. The first-order chi connectivity index (χ1) is 9.75. The number of carbonyl (C=O) groups is 2. The zero-order chi connectivity index (χ0) is 15.9. The van der Waals surface area contributed by atoms with Crippen molar-refractivity contribution in [1.82, 2.24) is 4.57 Å². The largest absolute Gasteiger partial charge is 0.397 e. The van der Waals surface area contributed by atoms with Crippen molar-refractivity contribution >= 4 is 28.9 Å². The predicted octanol–water partition coefficient (Wildman–Crippen LogP) is 3.73. The van der Waals surface area contributed by atoms with Gasteiger partial charge in [0.1, 0.15) is 0 Å². The van der Waals surface area contributed by atoms with Crippen LogP contribution >= 0.6 is 11.6 Å². The number of nitrogen functional groups attached to an aromatic ring is 1. The van der Waals surface area contributed by atoms with Crippen molar-refractivity contribution in [2.24, 2.45) is 0 Å². The monoisotopic (exact) mass is 304 g/mol. The van der Waals surface area contributed by atoms with Crippen LogP contribution in [0.4, 0.5) is 5.69 Å². The number of nitrogens with two attached hydrogens (primary N) is 1. The van der Waals surface area contributed by atoms with E-state index < -0.39 is 0 Å². The van der Waals surface area contributed by atoms with Crippen LogP contribution in [-0.4, -0.2) is 16.1 Å². The lowest BCUT2D eigenvalue weighted by molar-refractivity contribution is 0.0981. The first kappa shape index (κ1) is 15.3. The van der Waals surface area contributed by atoms with Gasteiger partial charge in [-0.15, -0.1) is 0 Å². The lowest BCUT2D eigenvalue weighted by atomic mass is 10.0. The quantitative estimate of drug-likeness (QED) is 0.694. The lowest BCUT2D eigenvalue weighted by Gasteiger charge is -2.11. The smallest absolute Gasteiger partial charge is 0.162 e.